The summed E-state index contributed by atoms with van der Waals surface area (Å²) in [6, 6.07) is 6.14. The molecule has 1 heterocycles. The SMILES string of the molecule is CC(C)(C)OC(=O)N1CC2CC2C1O.Fc1ccc(Br)cc1. The molecule has 0 aromatic heterocycles. The van der Waals surface area contributed by atoms with Crippen LogP contribution in [0.5, 0.6) is 0 Å². The quantitative estimate of drug-likeness (QED) is 0.752. The number of rotatable bonds is 0. The molecule has 2 aliphatic rings. The van der Waals surface area contributed by atoms with Crippen LogP contribution in [-0.4, -0.2) is 34.5 Å². The zero-order valence-electron chi connectivity index (χ0n) is 12.9. The fourth-order valence-electron chi connectivity index (χ4n) is 2.37. The van der Waals surface area contributed by atoms with Gasteiger partial charge in [0.05, 0.1) is 0 Å². The lowest BCUT2D eigenvalue weighted by atomic mass is 10.2. The fourth-order valence-corrected chi connectivity index (χ4v) is 2.63. The van der Waals surface area contributed by atoms with Gasteiger partial charge in [0, 0.05) is 16.9 Å². The van der Waals surface area contributed by atoms with Crippen LogP contribution in [0.1, 0.15) is 27.2 Å². The summed E-state index contributed by atoms with van der Waals surface area (Å²) < 4.78 is 18.2. The number of aliphatic hydroxyl groups excluding tert-OH is 1. The van der Waals surface area contributed by atoms with Crippen LogP contribution in [0.15, 0.2) is 28.7 Å². The number of piperidine rings is 1. The highest BCUT2D eigenvalue weighted by Crippen LogP contribution is 2.48. The molecular weight excluding hydrogens is 353 g/mol. The van der Waals surface area contributed by atoms with Crippen LogP contribution >= 0.6 is 15.9 Å². The Labute approximate surface area is 138 Å². The smallest absolute Gasteiger partial charge is 0.412 e. The number of ether oxygens (including phenoxy) is 1. The van der Waals surface area contributed by atoms with E-state index in [1.165, 1.54) is 17.0 Å². The lowest BCUT2D eigenvalue weighted by molar-refractivity contribution is -0.0233. The number of halogens is 2. The topological polar surface area (TPSA) is 49.8 Å². The zero-order chi connectivity index (χ0) is 16.5. The molecule has 1 N–H and O–H groups in total. The van der Waals surface area contributed by atoms with Crippen LogP contribution in [0, 0.1) is 17.7 Å². The van der Waals surface area contributed by atoms with Crippen molar-refractivity contribution in [3.63, 3.8) is 0 Å². The molecule has 1 aliphatic heterocycles. The third kappa shape index (κ3) is 4.68. The van der Waals surface area contributed by atoms with Crippen LogP contribution in [-0.2, 0) is 4.74 Å². The van der Waals surface area contributed by atoms with Crippen LogP contribution < -0.4 is 0 Å². The first kappa shape index (κ1) is 17.2. The number of nitrogens with zero attached hydrogens (tertiary/aromatic N) is 1. The van der Waals surface area contributed by atoms with E-state index in [4.69, 9.17) is 4.74 Å². The first-order chi connectivity index (χ1) is 10.2. The molecule has 3 atom stereocenters. The van der Waals surface area contributed by atoms with Gasteiger partial charge in [-0.3, -0.25) is 4.90 Å². The van der Waals surface area contributed by atoms with Gasteiger partial charge in [0.25, 0.3) is 0 Å². The average molecular weight is 374 g/mol. The number of carbonyl (C=O) groups excluding carboxylic acids is 1. The number of benzene rings is 1. The van der Waals surface area contributed by atoms with E-state index in [1.807, 2.05) is 20.8 Å². The Balaban J connectivity index is 0.000000188. The number of carbonyl (C=O) groups is 1. The van der Waals surface area contributed by atoms with Gasteiger partial charge in [-0.15, -0.1) is 0 Å². The Kier molecular flexibility index (Phi) is 5.12. The van der Waals surface area contributed by atoms with Gasteiger partial charge in [0.15, 0.2) is 0 Å². The molecule has 22 heavy (non-hydrogen) atoms. The maximum Gasteiger partial charge on any atom is 0.412 e. The lowest BCUT2D eigenvalue weighted by Crippen LogP contribution is -2.41. The minimum absolute atomic E-state index is 0.201. The summed E-state index contributed by atoms with van der Waals surface area (Å²) >= 11 is 3.18. The third-order valence-electron chi connectivity index (χ3n) is 3.54. The molecule has 122 valence electrons. The zero-order valence-corrected chi connectivity index (χ0v) is 14.5. The molecule has 1 saturated heterocycles. The van der Waals surface area contributed by atoms with E-state index >= 15 is 0 Å². The minimum atomic E-state index is -0.616. The third-order valence-corrected chi connectivity index (χ3v) is 4.07. The maximum absolute atomic E-state index is 12.1. The number of aliphatic hydroxyl groups is 1. The highest BCUT2D eigenvalue weighted by molar-refractivity contribution is 9.10. The van der Waals surface area contributed by atoms with Gasteiger partial charge in [-0.1, -0.05) is 15.9 Å². The van der Waals surface area contributed by atoms with Crippen LogP contribution in [0.4, 0.5) is 9.18 Å². The molecule has 1 aliphatic carbocycles. The molecule has 1 amide bonds. The molecule has 6 heteroatoms. The van der Waals surface area contributed by atoms with Gasteiger partial charge in [-0.05, 0) is 57.4 Å². The highest BCUT2D eigenvalue weighted by atomic mass is 79.9. The highest BCUT2D eigenvalue weighted by Gasteiger charge is 2.54. The maximum atomic E-state index is 12.1. The second-order valence-electron chi connectivity index (χ2n) is 6.64. The predicted octanol–water partition coefficient (Wildman–Crippen LogP) is 3.78. The first-order valence-corrected chi connectivity index (χ1v) is 8.05. The summed E-state index contributed by atoms with van der Waals surface area (Å²) in [5.74, 6) is 0.619. The van der Waals surface area contributed by atoms with Crippen molar-refractivity contribution < 1.29 is 19.0 Å². The van der Waals surface area contributed by atoms with Gasteiger partial charge >= 0.3 is 6.09 Å². The Morgan fingerprint density at radius 3 is 2.36 bits per heavy atom. The van der Waals surface area contributed by atoms with Gasteiger partial charge < -0.3 is 9.84 Å². The van der Waals surface area contributed by atoms with E-state index in [0.29, 0.717) is 18.4 Å². The van der Waals surface area contributed by atoms with Gasteiger partial charge in [0.1, 0.15) is 17.6 Å². The number of amides is 1. The van der Waals surface area contributed by atoms with Crippen molar-refractivity contribution in [1.29, 1.82) is 0 Å². The molecule has 3 rings (SSSR count). The normalized spacial score (nSPS) is 25.9. The lowest BCUT2D eigenvalue weighted by Gasteiger charge is -2.27. The molecule has 4 nitrogen and oxygen atoms in total. The number of fused-ring (bicyclic) bond motifs is 1. The predicted molar refractivity (Wildman–Crippen MR) is 84.6 cm³/mol. The summed E-state index contributed by atoms with van der Waals surface area (Å²) in [5.41, 5.74) is -0.483. The van der Waals surface area contributed by atoms with Crippen LogP contribution in [0.25, 0.3) is 0 Å². The van der Waals surface area contributed by atoms with Crippen molar-refractivity contribution in [2.24, 2.45) is 11.8 Å². The molecule has 1 aromatic carbocycles. The number of likely N-dealkylation sites (tertiary alicyclic amines) is 1. The van der Waals surface area contributed by atoms with E-state index in [9.17, 15) is 14.3 Å². The van der Waals surface area contributed by atoms with Crippen molar-refractivity contribution in [1.82, 2.24) is 4.90 Å². The molecule has 0 radical (unpaired) electrons. The van der Waals surface area contributed by atoms with Crippen molar-refractivity contribution in [3.05, 3.63) is 34.6 Å². The van der Waals surface area contributed by atoms with E-state index < -0.39 is 17.9 Å². The Hall–Kier alpha value is -1.14. The molecule has 2 fully saturated rings. The Morgan fingerprint density at radius 2 is 1.95 bits per heavy atom. The van der Waals surface area contributed by atoms with Crippen LogP contribution in [0.3, 0.4) is 0 Å². The van der Waals surface area contributed by atoms with Gasteiger partial charge in [0.2, 0.25) is 0 Å². The molecule has 1 aromatic rings. The van der Waals surface area contributed by atoms with Crippen LogP contribution in [0.2, 0.25) is 0 Å². The molecular formula is C16H21BrFNO3. The summed E-state index contributed by atoms with van der Waals surface area (Å²) in [5, 5.41) is 9.69. The van der Waals surface area contributed by atoms with Crippen molar-refractivity contribution in [3.8, 4) is 0 Å². The summed E-state index contributed by atoms with van der Waals surface area (Å²) in [4.78, 5) is 13.0. The fraction of sp³-hybridized carbons (Fsp3) is 0.562. The van der Waals surface area contributed by atoms with E-state index in [1.54, 1.807) is 12.1 Å². The standard InChI is InChI=1S/C10H17NO3.C6H4BrF/c1-10(2,3)14-9(13)11-5-6-4-7(6)8(11)12;7-5-1-3-6(8)4-2-5/h6-8,12H,4-5H2,1-3H3;1-4H. The second-order valence-corrected chi connectivity index (χ2v) is 7.56. The summed E-state index contributed by atoms with van der Waals surface area (Å²) in [6.45, 7) is 6.14. The first-order valence-electron chi connectivity index (χ1n) is 7.26. The Morgan fingerprint density at radius 1 is 1.36 bits per heavy atom. The van der Waals surface area contributed by atoms with E-state index in [-0.39, 0.29) is 5.82 Å². The van der Waals surface area contributed by atoms with E-state index in [2.05, 4.69) is 15.9 Å². The molecule has 0 bridgehead atoms. The minimum Gasteiger partial charge on any atom is -0.444 e. The second kappa shape index (κ2) is 6.54. The molecule has 1 saturated carbocycles. The van der Waals surface area contributed by atoms with Crippen molar-refractivity contribution in [2.45, 2.75) is 39.0 Å². The summed E-state index contributed by atoms with van der Waals surface area (Å²) in [7, 11) is 0. The molecule has 3 unspecified atom stereocenters. The monoisotopic (exact) mass is 373 g/mol. The van der Waals surface area contributed by atoms with Gasteiger partial charge in [-0.2, -0.15) is 0 Å². The largest absolute Gasteiger partial charge is 0.444 e. The summed E-state index contributed by atoms with van der Waals surface area (Å²) in [6.07, 6.45) is 0.0487. The molecule has 0 spiro atoms. The van der Waals surface area contributed by atoms with Crippen molar-refractivity contribution in [2.75, 3.05) is 6.54 Å². The van der Waals surface area contributed by atoms with Crippen molar-refractivity contribution >= 4 is 22.0 Å². The Bertz CT molecular complexity index is 508. The van der Waals surface area contributed by atoms with E-state index in [0.717, 1.165) is 10.9 Å². The number of hydrogen-bond acceptors (Lipinski definition) is 3. The average Bonchev–Trinajstić information content (AvgIpc) is 3.10. The number of hydrogen-bond donors (Lipinski definition) is 1. The van der Waals surface area contributed by atoms with Gasteiger partial charge in [-0.25, -0.2) is 9.18 Å².